The SMILES string of the molecule is Cc1ccc(OCCC(=O)Nc2cn[nH]c2)cc1C. The lowest BCUT2D eigenvalue weighted by Gasteiger charge is -2.08. The highest BCUT2D eigenvalue weighted by Crippen LogP contribution is 2.16. The number of hydrogen-bond acceptors (Lipinski definition) is 3. The van der Waals surface area contributed by atoms with Crippen molar-refractivity contribution in [3.05, 3.63) is 41.7 Å². The van der Waals surface area contributed by atoms with E-state index in [0.717, 1.165) is 5.75 Å². The fraction of sp³-hybridized carbons (Fsp3) is 0.286. The molecule has 0 unspecified atom stereocenters. The molecule has 0 aliphatic rings. The Morgan fingerprint density at radius 2 is 2.21 bits per heavy atom. The van der Waals surface area contributed by atoms with Crippen molar-refractivity contribution >= 4 is 11.6 Å². The number of aromatic amines is 1. The van der Waals surface area contributed by atoms with Crippen LogP contribution in [0.2, 0.25) is 0 Å². The number of amides is 1. The molecule has 5 nitrogen and oxygen atoms in total. The first-order chi connectivity index (χ1) is 9.15. The van der Waals surface area contributed by atoms with Gasteiger partial charge in [-0.15, -0.1) is 0 Å². The number of carbonyl (C=O) groups excluding carboxylic acids is 1. The fourth-order valence-electron chi connectivity index (χ4n) is 1.61. The molecule has 0 atom stereocenters. The van der Waals surface area contributed by atoms with Gasteiger partial charge < -0.3 is 10.1 Å². The largest absolute Gasteiger partial charge is 0.493 e. The van der Waals surface area contributed by atoms with Gasteiger partial charge in [-0.3, -0.25) is 9.89 Å². The van der Waals surface area contributed by atoms with Crippen LogP contribution >= 0.6 is 0 Å². The Hall–Kier alpha value is -2.30. The zero-order valence-electron chi connectivity index (χ0n) is 11.1. The summed E-state index contributed by atoms with van der Waals surface area (Å²) in [4.78, 5) is 11.6. The smallest absolute Gasteiger partial charge is 0.227 e. The van der Waals surface area contributed by atoms with Gasteiger partial charge in [-0.1, -0.05) is 6.07 Å². The number of H-pyrrole nitrogens is 1. The number of aryl methyl sites for hydroxylation is 2. The molecule has 2 rings (SSSR count). The lowest BCUT2D eigenvalue weighted by atomic mass is 10.1. The van der Waals surface area contributed by atoms with E-state index in [1.165, 1.54) is 11.1 Å². The van der Waals surface area contributed by atoms with E-state index >= 15 is 0 Å². The Balaban J connectivity index is 1.76. The molecule has 2 aromatic rings. The summed E-state index contributed by atoms with van der Waals surface area (Å²) in [7, 11) is 0. The topological polar surface area (TPSA) is 67.0 Å². The quantitative estimate of drug-likeness (QED) is 0.866. The average molecular weight is 259 g/mol. The number of aromatic nitrogens is 2. The van der Waals surface area contributed by atoms with E-state index < -0.39 is 0 Å². The van der Waals surface area contributed by atoms with Crippen molar-refractivity contribution in [2.45, 2.75) is 20.3 Å². The summed E-state index contributed by atoms with van der Waals surface area (Å²) < 4.78 is 5.55. The van der Waals surface area contributed by atoms with E-state index in [-0.39, 0.29) is 5.91 Å². The molecule has 0 saturated heterocycles. The van der Waals surface area contributed by atoms with Crippen LogP contribution in [0.1, 0.15) is 17.5 Å². The van der Waals surface area contributed by atoms with E-state index in [4.69, 9.17) is 4.74 Å². The van der Waals surface area contributed by atoms with Crippen molar-refractivity contribution in [1.82, 2.24) is 10.2 Å². The molecular weight excluding hydrogens is 242 g/mol. The zero-order valence-corrected chi connectivity index (χ0v) is 11.1. The van der Waals surface area contributed by atoms with Crippen molar-refractivity contribution in [3.8, 4) is 5.75 Å². The molecule has 0 radical (unpaired) electrons. The molecule has 0 aliphatic carbocycles. The first-order valence-electron chi connectivity index (χ1n) is 6.14. The summed E-state index contributed by atoms with van der Waals surface area (Å²) in [5.74, 6) is 0.699. The third-order valence-electron chi connectivity index (χ3n) is 2.86. The van der Waals surface area contributed by atoms with E-state index in [1.807, 2.05) is 25.1 Å². The number of ether oxygens (including phenoxy) is 1. The molecule has 0 saturated carbocycles. The van der Waals surface area contributed by atoms with Gasteiger partial charge in [0, 0.05) is 6.20 Å². The first kappa shape index (κ1) is 13.1. The molecule has 0 bridgehead atoms. The first-order valence-corrected chi connectivity index (χ1v) is 6.14. The molecule has 1 heterocycles. The van der Waals surface area contributed by atoms with Crippen molar-refractivity contribution < 1.29 is 9.53 Å². The fourth-order valence-corrected chi connectivity index (χ4v) is 1.61. The van der Waals surface area contributed by atoms with Crippen LogP contribution in [0.4, 0.5) is 5.69 Å². The Kier molecular flexibility index (Phi) is 4.18. The molecule has 2 N–H and O–H groups in total. The van der Waals surface area contributed by atoms with Crippen molar-refractivity contribution in [2.75, 3.05) is 11.9 Å². The van der Waals surface area contributed by atoms with Gasteiger partial charge in [0.1, 0.15) is 5.75 Å². The van der Waals surface area contributed by atoms with Gasteiger partial charge >= 0.3 is 0 Å². The second-order valence-electron chi connectivity index (χ2n) is 4.38. The highest BCUT2D eigenvalue weighted by molar-refractivity contribution is 5.90. The predicted molar refractivity (Wildman–Crippen MR) is 73.2 cm³/mol. The summed E-state index contributed by atoms with van der Waals surface area (Å²) in [5.41, 5.74) is 3.07. The molecule has 0 aliphatic heterocycles. The number of benzene rings is 1. The summed E-state index contributed by atoms with van der Waals surface area (Å²) in [6.45, 7) is 4.44. The second-order valence-corrected chi connectivity index (χ2v) is 4.38. The van der Waals surface area contributed by atoms with E-state index in [1.54, 1.807) is 12.4 Å². The summed E-state index contributed by atoms with van der Waals surface area (Å²) in [5, 5.41) is 9.10. The van der Waals surface area contributed by atoms with E-state index in [0.29, 0.717) is 18.7 Å². The normalized spacial score (nSPS) is 10.2. The minimum Gasteiger partial charge on any atom is -0.493 e. The molecule has 100 valence electrons. The molecule has 0 spiro atoms. The molecule has 5 heteroatoms. The number of carbonyl (C=O) groups is 1. The summed E-state index contributed by atoms with van der Waals surface area (Å²) >= 11 is 0. The van der Waals surface area contributed by atoms with Crippen LogP contribution in [0, 0.1) is 13.8 Å². The number of rotatable bonds is 5. The molecule has 1 aromatic carbocycles. The highest BCUT2D eigenvalue weighted by atomic mass is 16.5. The Bertz CT molecular complexity index is 550. The molecule has 19 heavy (non-hydrogen) atoms. The maximum atomic E-state index is 11.6. The third-order valence-corrected chi connectivity index (χ3v) is 2.86. The lowest BCUT2D eigenvalue weighted by molar-refractivity contribution is -0.116. The van der Waals surface area contributed by atoms with Crippen molar-refractivity contribution in [2.24, 2.45) is 0 Å². The van der Waals surface area contributed by atoms with E-state index in [2.05, 4.69) is 22.4 Å². The number of nitrogens with zero attached hydrogens (tertiary/aromatic N) is 1. The summed E-state index contributed by atoms with van der Waals surface area (Å²) in [6, 6.07) is 5.90. The van der Waals surface area contributed by atoms with Crippen LogP contribution in [-0.4, -0.2) is 22.7 Å². The Labute approximate surface area is 112 Å². The van der Waals surface area contributed by atoms with Crippen LogP contribution in [0.25, 0.3) is 0 Å². The molecule has 0 fully saturated rings. The van der Waals surface area contributed by atoms with Crippen LogP contribution in [0.15, 0.2) is 30.6 Å². The molecule has 1 aromatic heterocycles. The van der Waals surface area contributed by atoms with Gasteiger partial charge in [0.2, 0.25) is 5.91 Å². The standard InChI is InChI=1S/C14H17N3O2/c1-10-3-4-13(7-11(10)2)19-6-5-14(18)17-12-8-15-16-9-12/h3-4,7-9H,5-6H2,1-2H3,(H,15,16)(H,17,18). The summed E-state index contributed by atoms with van der Waals surface area (Å²) in [6.07, 6.45) is 3.49. The molecular formula is C14H17N3O2. The monoisotopic (exact) mass is 259 g/mol. The zero-order chi connectivity index (χ0) is 13.7. The minimum atomic E-state index is -0.0924. The van der Waals surface area contributed by atoms with Crippen molar-refractivity contribution in [3.63, 3.8) is 0 Å². The average Bonchev–Trinajstić information content (AvgIpc) is 2.86. The predicted octanol–water partition coefficient (Wildman–Crippen LogP) is 2.43. The maximum Gasteiger partial charge on any atom is 0.227 e. The van der Waals surface area contributed by atoms with Gasteiger partial charge in [-0.05, 0) is 37.1 Å². The van der Waals surface area contributed by atoms with Gasteiger partial charge in [-0.2, -0.15) is 5.10 Å². The minimum absolute atomic E-state index is 0.0924. The highest BCUT2D eigenvalue weighted by Gasteiger charge is 2.04. The maximum absolute atomic E-state index is 11.6. The molecule has 1 amide bonds. The van der Waals surface area contributed by atoms with Crippen LogP contribution < -0.4 is 10.1 Å². The Morgan fingerprint density at radius 3 is 2.89 bits per heavy atom. The number of nitrogens with one attached hydrogen (secondary N) is 2. The van der Waals surface area contributed by atoms with Crippen LogP contribution in [0.3, 0.4) is 0 Å². The third kappa shape index (κ3) is 3.84. The second kappa shape index (κ2) is 6.04. The van der Waals surface area contributed by atoms with Gasteiger partial charge in [0.05, 0.1) is 24.9 Å². The van der Waals surface area contributed by atoms with E-state index in [9.17, 15) is 4.79 Å². The van der Waals surface area contributed by atoms with Gasteiger partial charge in [0.15, 0.2) is 0 Å². The van der Waals surface area contributed by atoms with Gasteiger partial charge in [-0.25, -0.2) is 0 Å². The van der Waals surface area contributed by atoms with Crippen molar-refractivity contribution in [1.29, 1.82) is 0 Å². The number of anilines is 1. The Morgan fingerprint density at radius 1 is 1.37 bits per heavy atom. The van der Waals surface area contributed by atoms with Crippen LogP contribution in [-0.2, 0) is 4.79 Å². The van der Waals surface area contributed by atoms with Gasteiger partial charge in [0.25, 0.3) is 0 Å². The lowest BCUT2D eigenvalue weighted by Crippen LogP contribution is -2.14. The number of hydrogen-bond donors (Lipinski definition) is 2. The van der Waals surface area contributed by atoms with Crippen LogP contribution in [0.5, 0.6) is 5.75 Å².